The number of carbonyl (C=O) groups is 2. The Balaban J connectivity index is 1.48. The standard InChI is InChI=1S/C20H15ClN2O5/c1-12-18(19(21)23(22-12)14-5-3-2-4-6-14)20(25)26-10-15(24)13-7-8-16-17(9-13)28-11-27-16/h2-9H,10-11H2,1H3. The van der Waals surface area contributed by atoms with Gasteiger partial charge in [0.05, 0.1) is 11.4 Å². The first-order chi connectivity index (χ1) is 13.5. The van der Waals surface area contributed by atoms with Gasteiger partial charge in [0.1, 0.15) is 10.7 Å². The van der Waals surface area contributed by atoms with E-state index in [2.05, 4.69) is 5.10 Å². The molecule has 1 aliphatic rings. The van der Waals surface area contributed by atoms with Crippen LogP contribution >= 0.6 is 11.6 Å². The molecule has 0 atom stereocenters. The molecule has 0 saturated heterocycles. The van der Waals surface area contributed by atoms with Crippen LogP contribution in [0.15, 0.2) is 48.5 Å². The fourth-order valence-corrected chi connectivity index (χ4v) is 3.18. The number of halogens is 1. The maximum atomic E-state index is 12.5. The normalized spacial score (nSPS) is 12.1. The molecule has 0 fully saturated rings. The first-order valence-electron chi connectivity index (χ1n) is 8.45. The molecule has 4 rings (SSSR count). The molecular formula is C20H15ClN2O5. The molecule has 0 amide bonds. The van der Waals surface area contributed by atoms with Gasteiger partial charge in [0, 0.05) is 5.56 Å². The highest BCUT2D eigenvalue weighted by Gasteiger charge is 2.24. The SMILES string of the molecule is Cc1nn(-c2ccccc2)c(Cl)c1C(=O)OCC(=O)c1ccc2c(c1)OCO2. The summed E-state index contributed by atoms with van der Waals surface area (Å²) in [5, 5.41) is 4.42. The fraction of sp³-hybridized carbons (Fsp3) is 0.150. The molecule has 0 unspecified atom stereocenters. The zero-order valence-corrected chi connectivity index (χ0v) is 15.6. The lowest BCUT2D eigenvalue weighted by Gasteiger charge is -2.06. The minimum atomic E-state index is -0.709. The Labute approximate surface area is 165 Å². The predicted octanol–water partition coefficient (Wildman–Crippen LogP) is 3.60. The predicted molar refractivity (Wildman–Crippen MR) is 100 cm³/mol. The van der Waals surface area contributed by atoms with Gasteiger partial charge in [-0.15, -0.1) is 0 Å². The van der Waals surface area contributed by atoms with Crippen LogP contribution in [0.5, 0.6) is 11.5 Å². The van der Waals surface area contributed by atoms with Gasteiger partial charge in [-0.25, -0.2) is 9.48 Å². The molecule has 1 aromatic heterocycles. The first-order valence-corrected chi connectivity index (χ1v) is 8.83. The third-order valence-corrected chi connectivity index (χ3v) is 4.59. The number of rotatable bonds is 5. The number of ether oxygens (including phenoxy) is 3. The molecule has 3 aromatic rings. The summed E-state index contributed by atoms with van der Waals surface area (Å²) in [6, 6.07) is 14.0. The van der Waals surface area contributed by atoms with Crippen LogP contribution in [-0.4, -0.2) is 34.9 Å². The molecule has 0 radical (unpaired) electrons. The van der Waals surface area contributed by atoms with Crippen molar-refractivity contribution < 1.29 is 23.8 Å². The molecule has 142 valence electrons. The molecule has 7 nitrogen and oxygen atoms in total. The number of hydrogen-bond donors (Lipinski definition) is 0. The molecule has 8 heteroatoms. The van der Waals surface area contributed by atoms with Crippen LogP contribution in [0, 0.1) is 6.92 Å². The highest BCUT2D eigenvalue weighted by atomic mass is 35.5. The van der Waals surface area contributed by atoms with E-state index in [1.807, 2.05) is 30.3 Å². The van der Waals surface area contributed by atoms with Gasteiger partial charge in [0.15, 0.2) is 23.9 Å². The van der Waals surface area contributed by atoms with Crippen LogP contribution in [0.4, 0.5) is 0 Å². The summed E-state index contributed by atoms with van der Waals surface area (Å²) >= 11 is 6.34. The summed E-state index contributed by atoms with van der Waals surface area (Å²) < 4.78 is 17.1. The van der Waals surface area contributed by atoms with E-state index in [1.54, 1.807) is 25.1 Å². The number of esters is 1. The van der Waals surface area contributed by atoms with Crippen LogP contribution in [0.3, 0.4) is 0 Å². The third-order valence-electron chi connectivity index (χ3n) is 4.24. The molecular weight excluding hydrogens is 384 g/mol. The van der Waals surface area contributed by atoms with Crippen molar-refractivity contribution in [3.05, 3.63) is 70.5 Å². The Bertz CT molecular complexity index is 1060. The highest BCUT2D eigenvalue weighted by molar-refractivity contribution is 6.33. The molecule has 0 bridgehead atoms. The quantitative estimate of drug-likeness (QED) is 0.482. The number of para-hydroxylation sites is 1. The zero-order valence-electron chi connectivity index (χ0n) is 14.8. The lowest BCUT2D eigenvalue weighted by Crippen LogP contribution is -2.15. The van der Waals surface area contributed by atoms with E-state index >= 15 is 0 Å². The van der Waals surface area contributed by atoms with Gasteiger partial charge in [-0.1, -0.05) is 29.8 Å². The van der Waals surface area contributed by atoms with E-state index < -0.39 is 12.6 Å². The van der Waals surface area contributed by atoms with E-state index in [0.29, 0.717) is 28.4 Å². The number of aryl methyl sites for hydroxylation is 1. The largest absolute Gasteiger partial charge is 0.454 e. The number of benzene rings is 2. The Hall–Kier alpha value is -3.32. The summed E-state index contributed by atoms with van der Waals surface area (Å²) in [7, 11) is 0. The minimum absolute atomic E-state index is 0.116. The fourth-order valence-electron chi connectivity index (χ4n) is 2.83. The Morgan fingerprint density at radius 3 is 2.68 bits per heavy atom. The number of carbonyl (C=O) groups excluding carboxylic acids is 2. The van der Waals surface area contributed by atoms with Crippen molar-refractivity contribution in [1.82, 2.24) is 9.78 Å². The van der Waals surface area contributed by atoms with E-state index in [1.165, 1.54) is 4.68 Å². The van der Waals surface area contributed by atoms with Gasteiger partial charge in [-0.2, -0.15) is 5.10 Å². The number of ketones is 1. The van der Waals surface area contributed by atoms with E-state index in [-0.39, 0.29) is 23.3 Å². The molecule has 0 N–H and O–H groups in total. The molecule has 2 heterocycles. The lowest BCUT2D eigenvalue weighted by molar-refractivity contribution is 0.0474. The van der Waals surface area contributed by atoms with E-state index in [0.717, 1.165) is 0 Å². The van der Waals surface area contributed by atoms with Gasteiger partial charge < -0.3 is 14.2 Å². The van der Waals surface area contributed by atoms with E-state index in [4.69, 9.17) is 25.8 Å². The van der Waals surface area contributed by atoms with Crippen LogP contribution in [-0.2, 0) is 4.74 Å². The van der Waals surface area contributed by atoms with Crippen LogP contribution in [0.25, 0.3) is 5.69 Å². The average molecular weight is 399 g/mol. The summed E-state index contributed by atoms with van der Waals surface area (Å²) in [5.74, 6) is -0.0147. The second-order valence-corrected chi connectivity index (χ2v) is 6.42. The minimum Gasteiger partial charge on any atom is -0.454 e. The molecule has 0 aliphatic carbocycles. The lowest BCUT2D eigenvalue weighted by atomic mass is 10.1. The van der Waals surface area contributed by atoms with Crippen molar-refractivity contribution in [2.75, 3.05) is 13.4 Å². The second kappa shape index (κ2) is 7.36. The maximum absolute atomic E-state index is 12.5. The van der Waals surface area contributed by atoms with Crippen molar-refractivity contribution in [1.29, 1.82) is 0 Å². The Kier molecular flexibility index (Phi) is 4.75. The molecule has 1 aliphatic heterocycles. The average Bonchev–Trinajstić information content (AvgIpc) is 3.29. The van der Waals surface area contributed by atoms with Crippen LogP contribution in [0.2, 0.25) is 5.15 Å². The van der Waals surface area contributed by atoms with Crippen molar-refractivity contribution in [2.45, 2.75) is 6.92 Å². The number of Topliss-reactive ketones (excluding diaryl/α,β-unsaturated/α-hetero) is 1. The Morgan fingerprint density at radius 2 is 1.89 bits per heavy atom. The van der Waals surface area contributed by atoms with Crippen molar-refractivity contribution in [3.8, 4) is 17.2 Å². The second-order valence-electron chi connectivity index (χ2n) is 6.07. The van der Waals surface area contributed by atoms with Crippen LogP contribution in [0.1, 0.15) is 26.4 Å². The van der Waals surface area contributed by atoms with Gasteiger partial charge >= 0.3 is 5.97 Å². The summed E-state index contributed by atoms with van der Waals surface area (Å²) in [6.45, 7) is 1.34. The smallest absolute Gasteiger partial charge is 0.343 e. The monoisotopic (exact) mass is 398 g/mol. The van der Waals surface area contributed by atoms with Crippen molar-refractivity contribution in [2.24, 2.45) is 0 Å². The van der Waals surface area contributed by atoms with Gasteiger partial charge in [0.25, 0.3) is 0 Å². The van der Waals surface area contributed by atoms with Crippen LogP contribution < -0.4 is 9.47 Å². The first kappa shape index (κ1) is 18.1. The number of hydrogen-bond acceptors (Lipinski definition) is 6. The summed E-state index contributed by atoms with van der Waals surface area (Å²) in [5.41, 5.74) is 1.62. The molecule has 28 heavy (non-hydrogen) atoms. The van der Waals surface area contributed by atoms with Gasteiger partial charge in [-0.05, 0) is 37.3 Å². The van der Waals surface area contributed by atoms with Gasteiger partial charge in [-0.3, -0.25) is 4.79 Å². The van der Waals surface area contributed by atoms with Crippen molar-refractivity contribution >= 4 is 23.4 Å². The number of fused-ring (bicyclic) bond motifs is 1. The van der Waals surface area contributed by atoms with E-state index in [9.17, 15) is 9.59 Å². The molecule has 2 aromatic carbocycles. The zero-order chi connectivity index (χ0) is 19.7. The third kappa shape index (κ3) is 3.32. The summed E-state index contributed by atoms with van der Waals surface area (Å²) in [6.07, 6.45) is 0. The maximum Gasteiger partial charge on any atom is 0.343 e. The highest BCUT2D eigenvalue weighted by Crippen LogP contribution is 2.32. The molecule has 0 spiro atoms. The Morgan fingerprint density at radius 1 is 1.14 bits per heavy atom. The van der Waals surface area contributed by atoms with Gasteiger partial charge in [0.2, 0.25) is 6.79 Å². The molecule has 0 saturated carbocycles. The number of aromatic nitrogens is 2. The number of nitrogens with zero attached hydrogens (tertiary/aromatic N) is 2. The summed E-state index contributed by atoms with van der Waals surface area (Å²) in [4.78, 5) is 24.8. The topological polar surface area (TPSA) is 79.7 Å². The van der Waals surface area contributed by atoms with Crippen molar-refractivity contribution in [3.63, 3.8) is 0 Å².